The van der Waals surface area contributed by atoms with E-state index in [1.54, 1.807) is 19.1 Å². The van der Waals surface area contributed by atoms with Crippen LogP contribution in [0.5, 0.6) is 5.75 Å². The average Bonchev–Trinajstić information content (AvgIpc) is 2.59. The van der Waals surface area contributed by atoms with Crippen LogP contribution in [0.1, 0.15) is 46.0 Å². The van der Waals surface area contributed by atoms with Crippen molar-refractivity contribution in [1.82, 2.24) is 10.0 Å². The molecule has 1 atom stereocenters. The molecule has 7 heteroatoms. The molecule has 6 nitrogen and oxygen atoms in total. The number of nitrogens with one attached hydrogen (secondary N) is 2. The van der Waals surface area contributed by atoms with Gasteiger partial charge in [-0.3, -0.25) is 4.79 Å². The maximum absolute atomic E-state index is 12.4. The van der Waals surface area contributed by atoms with Gasteiger partial charge in [-0.25, -0.2) is 8.42 Å². The zero-order valence-corrected chi connectivity index (χ0v) is 15.5. The number of ether oxygens (including phenoxy) is 1. The fourth-order valence-corrected chi connectivity index (χ4v) is 3.50. The third kappa shape index (κ3) is 6.49. The van der Waals surface area contributed by atoms with Gasteiger partial charge in [-0.2, -0.15) is 4.72 Å². The second kappa shape index (κ2) is 10.3. The van der Waals surface area contributed by atoms with Crippen LogP contribution < -0.4 is 14.8 Å². The molecule has 1 aromatic rings. The monoisotopic (exact) mass is 356 g/mol. The van der Waals surface area contributed by atoms with E-state index in [9.17, 15) is 13.2 Å². The van der Waals surface area contributed by atoms with Gasteiger partial charge in [0.05, 0.1) is 12.0 Å². The lowest BCUT2D eigenvalue weighted by Crippen LogP contribution is -2.46. The van der Waals surface area contributed by atoms with Crippen LogP contribution in [0.15, 0.2) is 29.2 Å². The molecule has 24 heavy (non-hydrogen) atoms. The van der Waals surface area contributed by atoms with E-state index < -0.39 is 16.1 Å². The minimum absolute atomic E-state index is 0.109. The highest BCUT2D eigenvalue weighted by molar-refractivity contribution is 7.89. The van der Waals surface area contributed by atoms with Crippen molar-refractivity contribution >= 4 is 15.9 Å². The van der Waals surface area contributed by atoms with Crippen molar-refractivity contribution in [1.29, 1.82) is 0 Å². The smallest absolute Gasteiger partial charge is 0.241 e. The summed E-state index contributed by atoms with van der Waals surface area (Å²) in [5.41, 5.74) is 0. The normalized spacial score (nSPS) is 12.6. The van der Waals surface area contributed by atoms with E-state index in [0.717, 1.165) is 25.7 Å². The third-order valence-electron chi connectivity index (χ3n) is 3.72. The summed E-state index contributed by atoms with van der Waals surface area (Å²) in [5, 5.41) is 2.80. The van der Waals surface area contributed by atoms with Crippen LogP contribution in [-0.4, -0.2) is 34.0 Å². The van der Waals surface area contributed by atoms with Gasteiger partial charge in [0.2, 0.25) is 15.9 Å². The highest BCUT2D eigenvalue weighted by atomic mass is 32.2. The maximum Gasteiger partial charge on any atom is 0.241 e. The summed E-state index contributed by atoms with van der Waals surface area (Å²) in [6.45, 7) is 4.47. The van der Waals surface area contributed by atoms with E-state index in [2.05, 4.69) is 17.0 Å². The fourth-order valence-electron chi connectivity index (χ4n) is 2.22. The van der Waals surface area contributed by atoms with Gasteiger partial charge < -0.3 is 10.1 Å². The van der Waals surface area contributed by atoms with Gasteiger partial charge in [0.15, 0.2) is 0 Å². The molecule has 1 aromatic carbocycles. The van der Waals surface area contributed by atoms with Crippen molar-refractivity contribution in [2.24, 2.45) is 0 Å². The Morgan fingerprint density at radius 1 is 1.12 bits per heavy atom. The van der Waals surface area contributed by atoms with Gasteiger partial charge in [-0.1, -0.05) is 33.1 Å². The van der Waals surface area contributed by atoms with E-state index in [0.29, 0.717) is 18.7 Å². The van der Waals surface area contributed by atoms with Crippen LogP contribution >= 0.6 is 0 Å². The third-order valence-corrected chi connectivity index (χ3v) is 5.21. The van der Waals surface area contributed by atoms with Crippen molar-refractivity contribution in [3.05, 3.63) is 24.3 Å². The minimum atomic E-state index is -3.75. The number of unbranched alkanes of at least 4 members (excludes halogenated alkanes) is 3. The zero-order valence-electron chi connectivity index (χ0n) is 14.7. The molecule has 0 aromatic heterocycles. The van der Waals surface area contributed by atoms with Crippen molar-refractivity contribution in [2.45, 2.75) is 56.9 Å². The van der Waals surface area contributed by atoms with E-state index in [-0.39, 0.29) is 10.8 Å². The van der Waals surface area contributed by atoms with Crippen LogP contribution in [0, 0.1) is 0 Å². The van der Waals surface area contributed by atoms with Crippen LogP contribution in [0.25, 0.3) is 0 Å². The molecule has 0 spiro atoms. The van der Waals surface area contributed by atoms with Gasteiger partial charge >= 0.3 is 0 Å². The molecule has 0 aliphatic rings. The average molecular weight is 356 g/mol. The van der Waals surface area contributed by atoms with Crippen LogP contribution in [0.3, 0.4) is 0 Å². The topological polar surface area (TPSA) is 84.5 Å². The SMILES string of the molecule is CCCCCCNC(=O)C(CC)NS(=O)(=O)c1ccc(OC)cc1. The lowest BCUT2D eigenvalue weighted by molar-refractivity contribution is -0.122. The zero-order chi connectivity index (χ0) is 18.0. The molecular formula is C17H28N2O4S. The summed E-state index contributed by atoms with van der Waals surface area (Å²) < 4.78 is 32.3. The Balaban J connectivity index is 2.62. The molecule has 1 rings (SSSR count). The fraction of sp³-hybridized carbons (Fsp3) is 0.588. The maximum atomic E-state index is 12.4. The Morgan fingerprint density at radius 2 is 1.79 bits per heavy atom. The lowest BCUT2D eigenvalue weighted by atomic mass is 10.2. The van der Waals surface area contributed by atoms with E-state index >= 15 is 0 Å². The number of carbonyl (C=O) groups excluding carboxylic acids is 1. The second-order valence-corrected chi connectivity index (χ2v) is 7.32. The van der Waals surface area contributed by atoms with Crippen LogP contribution in [0.2, 0.25) is 0 Å². The number of amides is 1. The highest BCUT2D eigenvalue weighted by Crippen LogP contribution is 2.16. The minimum Gasteiger partial charge on any atom is -0.497 e. The Hall–Kier alpha value is -1.60. The van der Waals surface area contributed by atoms with E-state index in [1.165, 1.54) is 19.2 Å². The molecule has 0 radical (unpaired) electrons. The van der Waals surface area contributed by atoms with Crippen LogP contribution in [0.4, 0.5) is 0 Å². The number of hydrogen-bond donors (Lipinski definition) is 2. The Morgan fingerprint density at radius 3 is 2.33 bits per heavy atom. The van der Waals surface area contributed by atoms with Crippen molar-refractivity contribution in [3.63, 3.8) is 0 Å². The summed E-state index contributed by atoms with van der Waals surface area (Å²) in [6, 6.07) is 5.28. The summed E-state index contributed by atoms with van der Waals surface area (Å²) >= 11 is 0. The standard InChI is InChI=1S/C17H28N2O4S/c1-4-6-7-8-13-18-17(20)16(5-2)19-24(21,22)15-11-9-14(23-3)10-12-15/h9-12,16,19H,4-8,13H2,1-3H3,(H,18,20). The van der Waals surface area contributed by atoms with E-state index in [4.69, 9.17) is 4.74 Å². The quantitative estimate of drug-likeness (QED) is 0.597. The van der Waals surface area contributed by atoms with Crippen LogP contribution in [-0.2, 0) is 14.8 Å². The predicted molar refractivity (Wildman–Crippen MR) is 94.5 cm³/mol. The summed E-state index contributed by atoms with van der Waals surface area (Å²) in [7, 11) is -2.23. The molecule has 0 saturated heterocycles. The highest BCUT2D eigenvalue weighted by Gasteiger charge is 2.24. The molecular weight excluding hydrogens is 328 g/mol. The molecule has 136 valence electrons. The first-order chi connectivity index (χ1) is 11.4. The Bertz CT molecular complexity index is 600. The largest absolute Gasteiger partial charge is 0.497 e. The molecule has 0 saturated carbocycles. The first-order valence-corrected chi connectivity index (χ1v) is 9.87. The van der Waals surface area contributed by atoms with E-state index in [1.807, 2.05) is 0 Å². The first-order valence-electron chi connectivity index (χ1n) is 8.38. The summed E-state index contributed by atoms with van der Waals surface area (Å²) in [4.78, 5) is 12.3. The lowest BCUT2D eigenvalue weighted by Gasteiger charge is -2.17. The molecule has 0 heterocycles. The number of benzene rings is 1. The van der Waals surface area contributed by atoms with Gasteiger partial charge in [0, 0.05) is 6.54 Å². The Kier molecular flexibility index (Phi) is 8.78. The summed E-state index contributed by atoms with van der Waals surface area (Å²) in [5.74, 6) is 0.289. The Labute approximate surface area is 145 Å². The molecule has 0 aliphatic carbocycles. The van der Waals surface area contributed by atoms with Gasteiger partial charge in [-0.15, -0.1) is 0 Å². The number of rotatable bonds is 11. The number of sulfonamides is 1. The molecule has 1 unspecified atom stereocenters. The van der Waals surface area contributed by atoms with Crippen molar-refractivity contribution in [3.8, 4) is 5.75 Å². The molecule has 0 bridgehead atoms. The summed E-state index contributed by atoms with van der Waals surface area (Å²) in [6.07, 6.45) is 4.62. The number of hydrogen-bond acceptors (Lipinski definition) is 4. The predicted octanol–water partition coefficient (Wildman–Crippen LogP) is 2.45. The number of methoxy groups -OCH3 is 1. The first kappa shape index (κ1) is 20.4. The van der Waals surface area contributed by atoms with Crippen molar-refractivity contribution in [2.75, 3.05) is 13.7 Å². The van der Waals surface area contributed by atoms with Gasteiger partial charge in [-0.05, 0) is 37.1 Å². The molecule has 0 fully saturated rings. The van der Waals surface area contributed by atoms with Gasteiger partial charge in [0.25, 0.3) is 0 Å². The molecule has 2 N–H and O–H groups in total. The second-order valence-electron chi connectivity index (χ2n) is 5.61. The number of carbonyl (C=O) groups is 1. The van der Waals surface area contributed by atoms with Gasteiger partial charge in [0.1, 0.15) is 11.8 Å². The molecule has 0 aliphatic heterocycles. The van der Waals surface area contributed by atoms with Crippen molar-refractivity contribution < 1.29 is 17.9 Å². The molecule has 1 amide bonds.